The Labute approximate surface area is 66.1 Å². The number of aromatic nitrogens is 2. The van der Waals surface area contributed by atoms with Gasteiger partial charge in [0.1, 0.15) is 6.54 Å². The zero-order valence-electron chi connectivity index (χ0n) is 5.98. The summed E-state index contributed by atoms with van der Waals surface area (Å²) in [5, 5.41) is 8.30. The Balaban J connectivity index is 3.23. The number of H-pyrrole nitrogens is 1. The van der Waals surface area contributed by atoms with Gasteiger partial charge in [0.25, 0.3) is 5.56 Å². The van der Waals surface area contributed by atoms with Crippen LogP contribution in [0.3, 0.4) is 0 Å². The van der Waals surface area contributed by atoms with Gasteiger partial charge in [0.15, 0.2) is 0 Å². The minimum Gasteiger partial charge on any atom is -0.480 e. The molecule has 2 N–H and O–H groups in total. The zero-order chi connectivity index (χ0) is 9.14. The molecule has 1 heterocycles. The number of carboxylic acids is 1. The summed E-state index contributed by atoms with van der Waals surface area (Å²) in [6.07, 6.45) is 1.17. The summed E-state index contributed by atoms with van der Waals surface area (Å²) in [4.78, 5) is 34.0. The molecule has 0 fully saturated rings. The van der Waals surface area contributed by atoms with Gasteiger partial charge in [-0.05, 0) is 0 Å². The summed E-state index contributed by atoms with van der Waals surface area (Å²) < 4.78 is 0.600. The maximum absolute atomic E-state index is 10.9. The number of hydrogen-bond acceptors (Lipinski definition) is 3. The smallest absolute Gasteiger partial charge is 0.328 e. The fraction of sp³-hybridized carbons (Fsp3) is 0.167. The molecule has 1 rings (SSSR count). The first kappa shape index (κ1) is 8.25. The Bertz CT molecular complexity index is 374. The summed E-state index contributed by atoms with van der Waals surface area (Å²) >= 11 is 0. The third-order valence-corrected chi connectivity index (χ3v) is 1.24. The molecule has 0 aromatic carbocycles. The highest BCUT2D eigenvalue weighted by molar-refractivity contribution is 5.66. The highest BCUT2D eigenvalue weighted by Crippen LogP contribution is 1.71. The second-order valence-electron chi connectivity index (χ2n) is 2.10. The van der Waals surface area contributed by atoms with Gasteiger partial charge in [0, 0.05) is 12.3 Å². The third-order valence-electron chi connectivity index (χ3n) is 1.24. The molecule has 1 aromatic heterocycles. The molecule has 0 aliphatic rings. The van der Waals surface area contributed by atoms with Crippen LogP contribution in [0.5, 0.6) is 0 Å². The average Bonchev–Trinajstić information content (AvgIpc) is 1.97. The normalized spacial score (nSPS) is 9.67. The Hall–Kier alpha value is -1.85. The summed E-state index contributed by atoms with van der Waals surface area (Å²) in [6.45, 7) is -0.616. The molecule has 0 saturated heterocycles. The van der Waals surface area contributed by atoms with Crippen molar-refractivity contribution in [2.24, 2.45) is 0 Å². The largest absolute Gasteiger partial charge is 0.480 e. The van der Waals surface area contributed by atoms with E-state index < -0.39 is 23.8 Å². The number of nitrogens with one attached hydrogen (secondary N) is 1. The molecular formula is C6H6N2O4. The van der Waals surface area contributed by atoms with Crippen molar-refractivity contribution in [3.05, 3.63) is 33.1 Å². The minimum atomic E-state index is -1.23. The second-order valence-corrected chi connectivity index (χ2v) is 2.10. The number of carbonyl (C=O) groups is 1. The maximum Gasteiger partial charge on any atom is 0.328 e. The topological polar surface area (TPSA) is 92.2 Å². The van der Waals surface area contributed by atoms with Gasteiger partial charge in [-0.3, -0.25) is 9.59 Å². The predicted octanol–water partition coefficient (Wildman–Crippen LogP) is -1.38. The zero-order valence-corrected chi connectivity index (χ0v) is 5.98. The molecule has 0 bridgehead atoms. The first-order valence-corrected chi connectivity index (χ1v) is 3.11. The van der Waals surface area contributed by atoms with Gasteiger partial charge in [-0.25, -0.2) is 9.36 Å². The van der Waals surface area contributed by atoms with Crippen molar-refractivity contribution >= 4 is 5.97 Å². The van der Waals surface area contributed by atoms with E-state index in [9.17, 15) is 14.4 Å². The van der Waals surface area contributed by atoms with Crippen LogP contribution in [0.25, 0.3) is 0 Å². The van der Waals surface area contributed by atoms with Crippen LogP contribution in [0.1, 0.15) is 0 Å². The van der Waals surface area contributed by atoms with Crippen LogP contribution in [0.2, 0.25) is 0 Å². The lowest BCUT2D eigenvalue weighted by atomic mass is 10.6. The molecule has 1 aromatic rings. The first-order chi connectivity index (χ1) is 5.61. The predicted molar refractivity (Wildman–Crippen MR) is 39.0 cm³/mol. The molecule has 0 aliphatic carbocycles. The minimum absolute atomic E-state index is 0.600. The Kier molecular flexibility index (Phi) is 2.09. The van der Waals surface area contributed by atoms with E-state index >= 15 is 0 Å². The Morgan fingerprint density at radius 1 is 1.58 bits per heavy atom. The summed E-state index contributed by atoms with van der Waals surface area (Å²) in [5.74, 6) is -1.23. The quantitative estimate of drug-likeness (QED) is 0.572. The van der Waals surface area contributed by atoms with E-state index in [0.29, 0.717) is 4.57 Å². The number of aliphatic carboxylic acids is 1. The van der Waals surface area contributed by atoms with Gasteiger partial charge in [0.05, 0.1) is 0 Å². The molecule has 0 spiro atoms. The molecule has 0 atom stereocenters. The number of hydrogen-bond donors (Lipinski definition) is 2. The van der Waals surface area contributed by atoms with Crippen LogP contribution < -0.4 is 11.2 Å². The van der Waals surface area contributed by atoms with E-state index in [1.807, 2.05) is 0 Å². The van der Waals surface area contributed by atoms with E-state index in [1.54, 1.807) is 0 Å². The highest BCUT2D eigenvalue weighted by atomic mass is 16.4. The average molecular weight is 170 g/mol. The van der Waals surface area contributed by atoms with E-state index in [2.05, 4.69) is 4.98 Å². The molecular weight excluding hydrogens is 164 g/mol. The molecule has 0 radical (unpaired) electrons. The van der Waals surface area contributed by atoms with Crippen molar-refractivity contribution in [2.75, 3.05) is 0 Å². The summed E-state index contributed by atoms with van der Waals surface area (Å²) in [6, 6.07) is 1.09. The Morgan fingerprint density at radius 3 is 2.75 bits per heavy atom. The van der Waals surface area contributed by atoms with Crippen LogP contribution >= 0.6 is 0 Å². The van der Waals surface area contributed by atoms with Crippen molar-refractivity contribution in [1.82, 2.24) is 9.55 Å². The number of rotatable bonds is 2. The van der Waals surface area contributed by atoms with E-state index in [-0.39, 0.29) is 0 Å². The van der Waals surface area contributed by atoms with Crippen LogP contribution in [-0.4, -0.2) is 20.6 Å². The van der Waals surface area contributed by atoms with Crippen molar-refractivity contribution in [2.45, 2.75) is 6.54 Å². The monoisotopic (exact) mass is 170 g/mol. The van der Waals surface area contributed by atoms with E-state index in [4.69, 9.17) is 5.11 Å². The molecule has 6 heteroatoms. The lowest BCUT2D eigenvalue weighted by Crippen LogP contribution is -2.36. The number of nitrogens with zero attached hydrogens (tertiary/aromatic N) is 1. The van der Waals surface area contributed by atoms with Gasteiger partial charge in [-0.1, -0.05) is 0 Å². The highest BCUT2D eigenvalue weighted by Gasteiger charge is 2.03. The number of aromatic amines is 1. The van der Waals surface area contributed by atoms with Crippen molar-refractivity contribution in [3.63, 3.8) is 0 Å². The summed E-state index contributed by atoms with van der Waals surface area (Å²) in [7, 11) is 0. The fourth-order valence-corrected chi connectivity index (χ4v) is 0.737. The number of carboxylic acid groups (broad SMARTS) is 1. The Morgan fingerprint density at radius 2 is 2.25 bits per heavy atom. The van der Waals surface area contributed by atoms with Gasteiger partial charge in [-0.2, -0.15) is 0 Å². The lowest BCUT2D eigenvalue weighted by molar-refractivity contribution is -0.137. The fourth-order valence-electron chi connectivity index (χ4n) is 0.737. The van der Waals surface area contributed by atoms with E-state index in [0.717, 1.165) is 6.07 Å². The molecule has 0 aliphatic heterocycles. The van der Waals surface area contributed by atoms with Crippen LogP contribution in [0.4, 0.5) is 0 Å². The molecule has 6 nitrogen and oxygen atoms in total. The van der Waals surface area contributed by atoms with Crippen LogP contribution in [0.15, 0.2) is 21.9 Å². The van der Waals surface area contributed by atoms with Gasteiger partial charge in [-0.15, -0.1) is 0 Å². The van der Waals surface area contributed by atoms with Crippen LogP contribution in [-0.2, 0) is 11.3 Å². The summed E-state index contributed by atoms with van der Waals surface area (Å²) in [5.41, 5.74) is -1.34. The van der Waals surface area contributed by atoms with Crippen molar-refractivity contribution in [3.8, 4) is 0 Å². The molecule has 0 unspecified atom stereocenters. The SMILES string of the molecule is O=C(O)Cn1c(=O)cc[nH]c1=O. The second kappa shape index (κ2) is 3.04. The van der Waals surface area contributed by atoms with Crippen molar-refractivity contribution in [1.29, 1.82) is 0 Å². The van der Waals surface area contributed by atoms with Crippen molar-refractivity contribution < 1.29 is 9.90 Å². The van der Waals surface area contributed by atoms with Gasteiger partial charge in [0.2, 0.25) is 0 Å². The third kappa shape index (κ3) is 1.60. The molecule has 12 heavy (non-hydrogen) atoms. The molecule has 0 saturated carbocycles. The molecule has 0 amide bonds. The van der Waals surface area contributed by atoms with Gasteiger partial charge < -0.3 is 10.1 Å². The first-order valence-electron chi connectivity index (χ1n) is 3.11. The van der Waals surface area contributed by atoms with Gasteiger partial charge >= 0.3 is 11.7 Å². The van der Waals surface area contributed by atoms with Crippen LogP contribution in [0, 0.1) is 0 Å². The standard InChI is InChI=1S/C6H6N2O4/c9-4-1-2-7-6(12)8(4)3-5(10)11/h1-2H,3H2,(H,7,12)(H,10,11). The van der Waals surface area contributed by atoms with E-state index in [1.165, 1.54) is 6.20 Å². The maximum atomic E-state index is 10.9. The lowest BCUT2D eigenvalue weighted by Gasteiger charge is -1.96. The molecule has 64 valence electrons.